The predicted molar refractivity (Wildman–Crippen MR) is 74.7 cm³/mol. The van der Waals surface area contributed by atoms with E-state index in [2.05, 4.69) is 0 Å². The summed E-state index contributed by atoms with van der Waals surface area (Å²) in [4.78, 5) is 0. The Kier molecular flexibility index (Phi) is 11.1. The summed E-state index contributed by atoms with van der Waals surface area (Å²) in [6.45, 7) is 0. The molecule has 0 aliphatic heterocycles. The number of rotatable bonds is 12. The molecule has 110 valence electrons. The minimum absolute atomic E-state index is 0.122. The smallest absolute Gasteiger partial charge is 0.264 e. The van der Waals surface area contributed by atoms with Gasteiger partial charge in [0.05, 0.1) is 11.9 Å². The van der Waals surface area contributed by atoms with E-state index in [9.17, 15) is 13.5 Å². The summed E-state index contributed by atoms with van der Waals surface area (Å²) in [5.41, 5.74) is 0. The first-order valence-corrected chi connectivity index (χ1v) is 8.79. The van der Waals surface area contributed by atoms with Crippen molar-refractivity contribution in [3.8, 4) is 0 Å². The van der Waals surface area contributed by atoms with Gasteiger partial charge < -0.3 is 5.11 Å². The van der Waals surface area contributed by atoms with Gasteiger partial charge >= 0.3 is 0 Å². The lowest BCUT2D eigenvalue weighted by atomic mass is 10.1. The quantitative estimate of drug-likeness (QED) is 0.330. The Morgan fingerprint density at radius 1 is 0.889 bits per heavy atom. The zero-order valence-corrected chi connectivity index (χ0v) is 12.4. The third-order valence-electron chi connectivity index (χ3n) is 2.87. The third-order valence-corrected chi connectivity index (χ3v) is 4.03. The first-order valence-electron chi connectivity index (χ1n) is 6.65. The van der Waals surface area contributed by atoms with Gasteiger partial charge in [0.15, 0.2) is 0 Å². The summed E-state index contributed by atoms with van der Waals surface area (Å²) in [6.07, 6.45) is 8.32. The molecule has 2 N–H and O–H groups in total. The summed E-state index contributed by atoms with van der Waals surface area (Å²) in [5, 5.41) is 9.22. The van der Waals surface area contributed by atoms with Crippen LogP contribution < -0.4 is 0 Å². The van der Waals surface area contributed by atoms with Gasteiger partial charge in [0.2, 0.25) is 0 Å². The van der Waals surface area contributed by atoms with Crippen molar-refractivity contribution in [3.63, 3.8) is 0 Å². The Morgan fingerprint density at radius 2 is 1.33 bits per heavy atom. The average molecular weight is 301 g/mol. The van der Waals surface area contributed by atoms with Gasteiger partial charge in [-0.15, -0.1) is 11.6 Å². The highest BCUT2D eigenvalue weighted by molar-refractivity contribution is 7.85. The van der Waals surface area contributed by atoms with E-state index in [1.165, 1.54) is 0 Å². The second kappa shape index (κ2) is 11.0. The molecule has 0 bridgehead atoms. The average Bonchev–Trinajstić information content (AvgIpc) is 2.29. The van der Waals surface area contributed by atoms with Gasteiger partial charge in [-0.3, -0.25) is 4.55 Å². The van der Waals surface area contributed by atoms with Crippen molar-refractivity contribution < 1.29 is 18.1 Å². The molecule has 0 aromatic rings. The molecular weight excluding hydrogens is 276 g/mol. The van der Waals surface area contributed by atoms with Crippen LogP contribution in [0.1, 0.15) is 57.8 Å². The highest BCUT2D eigenvalue weighted by Gasteiger charge is 2.03. The van der Waals surface area contributed by atoms with Crippen LogP contribution in [0.3, 0.4) is 0 Å². The normalized spacial score (nSPS) is 13.7. The van der Waals surface area contributed by atoms with Crippen molar-refractivity contribution in [2.75, 3.05) is 11.6 Å². The van der Waals surface area contributed by atoms with Crippen LogP contribution in [0.25, 0.3) is 0 Å². The van der Waals surface area contributed by atoms with E-state index in [-0.39, 0.29) is 11.9 Å². The number of unbranched alkanes of at least 4 members (excludes halogenated alkanes) is 7. The Morgan fingerprint density at radius 3 is 1.78 bits per heavy atom. The molecule has 0 heterocycles. The van der Waals surface area contributed by atoms with Crippen molar-refractivity contribution in [3.05, 3.63) is 0 Å². The second-order valence-electron chi connectivity index (χ2n) is 4.71. The fourth-order valence-corrected chi connectivity index (χ4v) is 2.53. The Hall–Kier alpha value is 0.160. The lowest BCUT2D eigenvalue weighted by molar-refractivity contribution is 0.183. The van der Waals surface area contributed by atoms with Gasteiger partial charge in [0.25, 0.3) is 10.1 Å². The molecule has 0 aromatic heterocycles. The number of aliphatic hydroxyl groups is 1. The van der Waals surface area contributed by atoms with Gasteiger partial charge in [0.1, 0.15) is 0 Å². The molecule has 0 amide bonds. The standard InChI is InChI=1S/C12H25ClO4S/c13-11-12(14)9-7-5-3-1-2-4-6-8-10-18(15,16)17/h12,14H,1-11H2,(H,15,16,17). The summed E-state index contributed by atoms with van der Waals surface area (Å²) in [7, 11) is -3.77. The summed E-state index contributed by atoms with van der Waals surface area (Å²) < 4.78 is 29.4. The van der Waals surface area contributed by atoms with Gasteiger partial charge in [-0.05, 0) is 12.8 Å². The molecule has 0 rings (SSSR count). The van der Waals surface area contributed by atoms with Crippen LogP contribution in [0.5, 0.6) is 0 Å². The van der Waals surface area contributed by atoms with Crippen LogP contribution in [-0.2, 0) is 10.1 Å². The van der Waals surface area contributed by atoms with Gasteiger partial charge in [0, 0.05) is 5.88 Å². The lowest BCUT2D eigenvalue weighted by Gasteiger charge is -2.05. The zero-order valence-electron chi connectivity index (χ0n) is 10.9. The Balaban J connectivity index is 3.12. The lowest BCUT2D eigenvalue weighted by Crippen LogP contribution is -2.07. The fraction of sp³-hybridized carbons (Fsp3) is 1.00. The molecule has 0 radical (unpaired) electrons. The van der Waals surface area contributed by atoms with Crippen LogP contribution >= 0.6 is 11.6 Å². The number of alkyl halides is 1. The minimum Gasteiger partial charge on any atom is -0.392 e. The van der Waals surface area contributed by atoms with Gasteiger partial charge in [-0.25, -0.2) is 0 Å². The van der Waals surface area contributed by atoms with Crippen molar-refractivity contribution in [1.29, 1.82) is 0 Å². The highest BCUT2D eigenvalue weighted by atomic mass is 35.5. The van der Waals surface area contributed by atoms with Crippen LogP contribution in [-0.4, -0.2) is 35.8 Å². The molecule has 18 heavy (non-hydrogen) atoms. The molecule has 0 spiro atoms. The topological polar surface area (TPSA) is 74.6 Å². The van der Waals surface area contributed by atoms with Crippen LogP contribution in [0.2, 0.25) is 0 Å². The molecule has 0 saturated carbocycles. The van der Waals surface area contributed by atoms with Crippen LogP contribution in [0.4, 0.5) is 0 Å². The Labute approximate surface area is 115 Å². The van der Waals surface area contributed by atoms with Gasteiger partial charge in [-0.1, -0.05) is 44.9 Å². The summed E-state index contributed by atoms with van der Waals surface area (Å²) in [5.74, 6) is 0.192. The SMILES string of the molecule is O=S(=O)(O)CCCCCCCCCCC(O)CCl. The maximum absolute atomic E-state index is 10.4. The maximum Gasteiger partial charge on any atom is 0.264 e. The minimum atomic E-state index is -3.77. The van der Waals surface area contributed by atoms with E-state index >= 15 is 0 Å². The van der Waals surface area contributed by atoms with Crippen molar-refractivity contribution in [1.82, 2.24) is 0 Å². The zero-order chi connectivity index (χ0) is 13.9. The van der Waals surface area contributed by atoms with E-state index in [4.69, 9.17) is 16.2 Å². The third kappa shape index (κ3) is 14.2. The van der Waals surface area contributed by atoms with E-state index in [1.807, 2.05) is 0 Å². The maximum atomic E-state index is 10.4. The van der Waals surface area contributed by atoms with Crippen molar-refractivity contribution >= 4 is 21.7 Å². The largest absolute Gasteiger partial charge is 0.392 e. The molecular formula is C12H25ClO4S. The number of aliphatic hydroxyl groups excluding tert-OH is 1. The summed E-state index contributed by atoms with van der Waals surface area (Å²) >= 11 is 5.48. The van der Waals surface area contributed by atoms with E-state index in [1.54, 1.807) is 0 Å². The molecule has 0 aliphatic carbocycles. The molecule has 4 nitrogen and oxygen atoms in total. The first-order chi connectivity index (χ1) is 8.45. The monoisotopic (exact) mass is 300 g/mol. The number of hydrogen-bond acceptors (Lipinski definition) is 3. The second-order valence-corrected chi connectivity index (χ2v) is 6.59. The molecule has 0 aromatic carbocycles. The summed E-state index contributed by atoms with van der Waals surface area (Å²) in [6, 6.07) is 0. The molecule has 1 unspecified atom stereocenters. The molecule has 0 saturated heterocycles. The first kappa shape index (κ1) is 18.2. The predicted octanol–water partition coefficient (Wildman–Crippen LogP) is 2.98. The fourth-order valence-electron chi connectivity index (χ4n) is 1.80. The van der Waals surface area contributed by atoms with E-state index in [0.717, 1.165) is 51.4 Å². The Bertz CT molecular complexity index is 280. The highest BCUT2D eigenvalue weighted by Crippen LogP contribution is 2.11. The van der Waals surface area contributed by atoms with Crippen molar-refractivity contribution in [2.24, 2.45) is 0 Å². The molecule has 1 atom stereocenters. The van der Waals surface area contributed by atoms with Crippen LogP contribution in [0.15, 0.2) is 0 Å². The molecule has 0 aliphatic rings. The number of halogens is 1. The molecule has 6 heteroatoms. The van der Waals surface area contributed by atoms with Gasteiger partial charge in [-0.2, -0.15) is 8.42 Å². The van der Waals surface area contributed by atoms with E-state index in [0.29, 0.717) is 12.3 Å². The molecule has 0 fully saturated rings. The number of hydrogen-bond donors (Lipinski definition) is 2. The van der Waals surface area contributed by atoms with Crippen molar-refractivity contribution in [2.45, 2.75) is 63.9 Å². The van der Waals surface area contributed by atoms with Crippen LogP contribution in [0, 0.1) is 0 Å². The van der Waals surface area contributed by atoms with E-state index < -0.39 is 10.1 Å².